The second-order valence-electron chi connectivity index (χ2n) is 10.4. The van der Waals surface area contributed by atoms with Gasteiger partial charge in [-0.05, 0) is 56.7 Å². The Hall–Kier alpha value is -2.84. The third-order valence-corrected chi connectivity index (χ3v) is 7.88. The molecule has 1 aliphatic rings. The molecule has 1 unspecified atom stereocenters. The van der Waals surface area contributed by atoms with Gasteiger partial charge in [0.25, 0.3) is 0 Å². The molecule has 1 fully saturated rings. The number of nitrogens with one attached hydrogen (secondary N) is 1. The Morgan fingerprint density at radius 2 is 2.11 bits per heavy atom. The number of ether oxygens (including phenoxy) is 1. The molecule has 0 saturated carbocycles. The molecule has 204 valence electrons. The van der Waals surface area contributed by atoms with Gasteiger partial charge in [0.2, 0.25) is 0 Å². The van der Waals surface area contributed by atoms with Gasteiger partial charge in [0.15, 0.2) is 0 Å². The van der Waals surface area contributed by atoms with Gasteiger partial charge in [-0.15, -0.1) is 0 Å². The molecule has 10 heteroatoms. The van der Waals surface area contributed by atoms with Crippen LogP contribution in [0.25, 0.3) is 16.6 Å². The number of rotatable bonds is 12. The number of fused-ring (bicyclic) bond motifs is 1. The van der Waals surface area contributed by atoms with E-state index in [0.29, 0.717) is 23.8 Å². The highest BCUT2D eigenvalue weighted by molar-refractivity contribution is 7.80. The van der Waals surface area contributed by atoms with Crippen molar-refractivity contribution in [3.63, 3.8) is 0 Å². The van der Waals surface area contributed by atoms with Gasteiger partial charge in [0, 0.05) is 62.1 Å². The van der Waals surface area contributed by atoms with Gasteiger partial charge in [-0.1, -0.05) is 6.92 Å². The van der Waals surface area contributed by atoms with E-state index in [-0.39, 0.29) is 5.54 Å². The van der Waals surface area contributed by atoms with Crippen LogP contribution >= 0.6 is 12.6 Å². The van der Waals surface area contributed by atoms with Crippen molar-refractivity contribution in [3.8, 4) is 22.9 Å². The fraction of sp³-hybridized carbons (Fsp3) is 0.536. The van der Waals surface area contributed by atoms with Crippen molar-refractivity contribution >= 4 is 24.0 Å². The predicted octanol–water partition coefficient (Wildman–Crippen LogP) is 3.05. The van der Waals surface area contributed by atoms with Crippen LogP contribution in [-0.2, 0) is 0 Å². The molecular weight excluding hydrogens is 496 g/mol. The van der Waals surface area contributed by atoms with Crippen LogP contribution in [0.3, 0.4) is 0 Å². The maximum Gasteiger partial charge on any atom is 0.138 e. The quantitative estimate of drug-likeness (QED) is 0.303. The summed E-state index contributed by atoms with van der Waals surface area (Å²) in [6.45, 7) is 10.3. The van der Waals surface area contributed by atoms with E-state index < -0.39 is 0 Å². The Bertz CT molecular complexity index is 1230. The lowest BCUT2D eigenvalue weighted by molar-refractivity contribution is 0.171. The standard InChI is InChI=1S/C28H40N8OS/c1-4-37-24-13-25(27-23(14-29)16-33-36(27)18-24)22-5-6-26(32-15-22)35-10-7-28(30,8-11-35)20-34(12-9-31-3)17-21(2)19-38/h5-6,13,15-16,18,21,31,38H,4,7-12,17,19-20,30H2,1-3H3. The van der Waals surface area contributed by atoms with Crippen LogP contribution in [0.1, 0.15) is 32.3 Å². The normalized spacial score (nSPS) is 16.1. The highest BCUT2D eigenvalue weighted by atomic mass is 32.1. The number of aromatic nitrogens is 3. The summed E-state index contributed by atoms with van der Waals surface area (Å²) in [5.41, 5.74) is 9.79. The van der Waals surface area contributed by atoms with Crippen molar-refractivity contribution in [2.24, 2.45) is 11.7 Å². The number of piperidine rings is 1. The number of pyridine rings is 2. The van der Waals surface area contributed by atoms with Crippen LogP contribution in [0.4, 0.5) is 5.82 Å². The van der Waals surface area contributed by atoms with Crippen molar-refractivity contribution in [1.29, 1.82) is 5.26 Å². The van der Waals surface area contributed by atoms with Crippen LogP contribution in [-0.4, -0.2) is 83.7 Å². The zero-order valence-electron chi connectivity index (χ0n) is 22.7. The number of anilines is 1. The third-order valence-electron chi connectivity index (χ3n) is 7.26. The van der Waals surface area contributed by atoms with Gasteiger partial charge in [-0.25, -0.2) is 9.50 Å². The number of nitrogens with zero attached hydrogens (tertiary/aromatic N) is 6. The summed E-state index contributed by atoms with van der Waals surface area (Å²) in [6.07, 6.45) is 7.09. The van der Waals surface area contributed by atoms with Gasteiger partial charge in [0.1, 0.15) is 17.6 Å². The molecule has 3 aromatic rings. The van der Waals surface area contributed by atoms with E-state index in [4.69, 9.17) is 15.5 Å². The summed E-state index contributed by atoms with van der Waals surface area (Å²) in [5.74, 6) is 3.06. The van der Waals surface area contributed by atoms with Crippen molar-refractivity contribution < 1.29 is 4.74 Å². The molecule has 4 rings (SSSR count). The lowest BCUT2D eigenvalue weighted by atomic mass is 9.87. The first kappa shape index (κ1) is 28.2. The molecule has 1 saturated heterocycles. The minimum Gasteiger partial charge on any atom is -0.492 e. The Kier molecular flexibility index (Phi) is 9.49. The number of nitrogens with two attached hydrogens (primary N) is 1. The van der Waals surface area contributed by atoms with E-state index in [9.17, 15) is 5.26 Å². The second kappa shape index (κ2) is 12.8. The fourth-order valence-corrected chi connectivity index (χ4v) is 5.28. The van der Waals surface area contributed by atoms with E-state index in [1.54, 1.807) is 16.9 Å². The molecule has 1 atom stereocenters. The first-order valence-corrected chi connectivity index (χ1v) is 14.0. The Morgan fingerprint density at radius 1 is 1.32 bits per heavy atom. The Morgan fingerprint density at radius 3 is 2.74 bits per heavy atom. The molecule has 0 radical (unpaired) electrons. The van der Waals surface area contributed by atoms with Crippen molar-refractivity contribution in [2.45, 2.75) is 32.2 Å². The number of likely N-dealkylation sites (N-methyl/N-ethyl adjacent to an activating group) is 1. The van der Waals surface area contributed by atoms with Crippen molar-refractivity contribution in [2.75, 3.05) is 63.6 Å². The van der Waals surface area contributed by atoms with E-state index in [1.165, 1.54) is 0 Å². The number of hydrogen-bond donors (Lipinski definition) is 3. The minimum atomic E-state index is -0.207. The first-order valence-electron chi connectivity index (χ1n) is 13.4. The van der Waals surface area contributed by atoms with Gasteiger partial charge in [-0.2, -0.15) is 23.0 Å². The molecule has 9 nitrogen and oxygen atoms in total. The Balaban J connectivity index is 1.46. The highest BCUT2D eigenvalue weighted by Gasteiger charge is 2.33. The zero-order chi connectivity index (χ0) is 27.1. The average Bonchev–Trinajstić information content (AvgIpc) is 3.35. The summed E-state index contributed by atoms with van der Waals surface area (Å²) in [5, 5.41) is 17.2. The fourth-order valence-electron chi connectivity index (χ4n) is 5.16. The van der Waals surface area contributed by atoms with Crippen LogP contribution in [0, 0.1) is 17.2 Å². The largest absolute Gasteiger partial charge is 0.492 e. The van der Waals surface area contributed by atoms with Crippen LogP contribution in [0.2, 0.25) is 0 Å². The van der Waals surface area contributed by atoms with E-state index in [1.807, 2.05) is 26.2 Å². The average molecular weight is 537 g/mol. The molecule has 3 N–H and O–H groups in total. The zero-order valence-corrected chi connectivity index (χ0v) is 23.6. The SMILES string of the molecule is CCOc1cc(-c2ccc(N3CCC(N)(CN(CCNC)CC(C)CS)CC3)nc2)c2c(C#N)cnn2c1. The summed E-state index contributed by atoms with van der Waals surface area (Å²) >= 11 is 4.48. The number of nitriles is 1. The summed E-state index contributed by atoms with van der Waals surface area (Å²) in [7, 11) is 1.99. The lowest BCUT2D eigenvalue weighted by Crippen LogP contribution is -2.57. The molecule has 0 aromatic carbocycles. The molecular formula is C28H40N8OS. The predicted molar refractivity (Wildman–Crippen MR) is 156 cm³/mol. The van der Waals surface area contributed by atoms with Crippen molar-refractivity contribution in [3.05, 3.63) is 42.4 Å². The third kappa shape index (κ3) is 6.59. The molecule has 4 heterocycles. The molecule has 0 aliphatic carbocycles. The van der Waals surface area contributed by atoms with Crippen LogP contribution in [0.5, 0.6) is 5.75 Å². The van der Waals surface area contributed by atoms with Crippen LogP contribution in [0.15, 0.2) is 36.8 Å². The molecule has 3 aromatic heterocycles. The molecule has 0 spiro atoms. The van der Waals surface area contributed by atoms with Crippen LogP contribution < -0.4 is 20.7 Å². The molecule has 0 bridgehead atoms. The first-order chi connectivity index (χ1) is 18.4. The second-order valence-corrected chi connectivity index (χ2v) is 10.7. The van der Waals surface area contributed by atoms with E-state index >= 15 is 0 Å². The molecule has 0 amide bonds. The van der Waals surface area contributed by atoms with E-state index in [2.05, 4.69) is 58.0 Å². The lowest BCUT2D eigenvalue weighted by Gasteiger charge is -2.43. The van der Waals surface area contributed by atoms with Crippen molar-refractivity contribution in [1.82, 2.24) is 24.8 Å². The Labute approximate surface area is 231 Å². The number of hydrogen-bond acceptors (Lipinski definition) is 9. The van der Waals surface area contributed by atoms with Gasteiger partial charge < -0.3 is 20.7 Å². The molecule has 1 aliphatic heterocycles. The summed E-state index contributed by atoms with van der Waals surface area (Å²) in [6, 6.07) is 8.31. The van der Waals surface area contributed by atoms with Gasteiger partial charge in [0.05, 0.1) is 30.1 Å². The summed E-state index contributed by atoms with van der Waals surface area (Å²) < 4.78 is 7.44. The molecule has 38 heavy (non-hydrogen) atoms. The number of thiol groups is 1. The topological polar surface area (TPSA) is 108 Å². The van der Waals surface area contributed by atoms with E-state index in [0.717, 1.165) is 80.3 Å². The highest BCUT2D eigenvalue weighted by Crippen LogP contribution is 2.32. The monoisotopic (exact) mass is 536 g/mol. The maximum atomic E-state index is 9.60. The smallest absolute Gasteiger partial charge is 0.138 e. The summed E-state index contributed by atoms with van der Waals surface area (Å²) in [4.78, 5) is 9.61. The van der Waals surface area contributed by atoms with Gasteiger partial charge >= 0.3 is 0 Å². The van der Waals surface area contributed by atoms with Gasteiger partial charge in [-0.3, -0.25) is 4.90 Å². The minimum absolute atomic E-state index is 0.207. The maximum absolute atomic E-state index is 9.60.